The Labute approximate surface area is 129 Å². The van der Waals surface area contributed by atoms with Crippen LogP contribution in [0.4, 0.5) is 0 Å². The van der Waals surface area contributed by atoms with Gasteiger partial charge in [0.25, 0.3) is 0 Å². The zero-order valence-electron chi connectivity index (χ0n) is 12.6. The van der Waals surface area contributed by atoms with Crippen molar-refractivity contribution < 1.29 is 9.90 Å². The van der Waals surface area contributed by atoms with E-state index in [-0.39, 0.29) is 5.56 Å². The molecule has 2 aromatic heterocycles. The van der Waals surface area contributed by atoms with Crippen molar-refractivity contribution in [1.29, 1.82) is 0 Å². The summed E-state index contributed by atoms with van der Waals surface area (Å²) >= 11 is 0. The first-order valence-corrected chi connectivity index (χ1v) is 7.59. The first-order valence-electron chi connectivity index (χ1n) is 7.59. The van der Waals surface area contributed by atoms with Gasteiger partial charge in [-0.1, -0.05) is 0 Å². The van der Waals surface area contributed by atoms with Crippen molar-refractivity contribution in [3.8, 4) is 11.4 Å². The molecule has 1 fully saturated rings. The van der Waals surface area contributed by atoms with Crippen molar-refractivity contribution in [3.05, 3.63) is 36.4 Å². The Balaban J connectivity index is 1.73. The number of rotatable bonds is 5. The van der Waals surface area contributed by atoms with Gasteiger partial charge in [-0.25, -0.2) is 9.78 Å². The molecule has 0 amide bonds. The summed E-state index contributed by atoms with van der Waals surface area (Å²) in [5, 5.41) is 9.04. The molecule has 6 heteroatoms. The van der Waals surface area contributed by atoms with E-state index in [2.05, 4.69) is 21.8 Å². The van der Waals surface area contributed by atoms with E-state index < -0.39 is 5.97 Å². The van der Waals surface area contributed by atoms with Crippen molar-refractivity contribution in [2.45, 2.75) is 32.4 Å². The largest absolute Gasteiger partial charge is 0.478 e. The fourth-order valence-electron chi connectivity index (χ4n) is 2.90. The number of carboxylic acids is 1. The second-order valence-corrected chi connectivity index (χ2v) is 5.78. The predicted octanol–water partition coefficient (Wildman–Crippen LogP) is 2.13. The van der Waals surface area contributed by atoms with E-state index in [0.717, 1.165) is 6.54 Å². The topological polar surface area (TPSA) is 71.2 Å². The molecule has 6 nitrogen and oxygen atoms in total. The normalized spacial score (nSPS) is 16.8. The highest BCUT2D eigenvalue weighted by Crippen LogP contribution is 2.17. The van der Waals surface area contributed by atoms with Gasteiger partial charge in [-0.15, -0.1) is 0 Å². The molecule has 3 heterocycles. The van der Waals surface area contributed by atoms with E-state index in [4.69, 9.17) is 5.11 Å². The van der Waals surface area contributed by atoms with Crippen molar-refractivity contribution >= 4 is 5.97 Å². The fourth-order valence-corrected chi connectivity index (χ4v) is 2.90. The Hall–Kier alpha value is -2.21. The molecular weight excluding hydrogens is 280 g/mol. The second-order valence-electron chi connectivity index (χ2n) is 5.78. The summed E-state index contributed by atoms with van der Waals surface area (Å²) in [6, 6.07) is 3.51. The van der Waals surface area contributed by atoms with Crippen molar-refractivity contribution in [1.82, 2.24) is 19.4 Å². The molecule has 1 N–H and O–H groups in total. The zero-order valence-corrected chi connectivity index (χ0v) is 12.6. The average molecular weight is 300 g/mol. The third kappa shape index (κ3) is 3.17. The lowest BCUT2D eigenvalue weighted by Crippen LogP contribution is -2.33. The molecule has 1 aliphatic rings. The van der Waals surface area contributed by atoms with Crippen LogP contribution in [0.25, 0.3) is 11.4 Å². The van der Waals surface area contributed by atoms with Gasteiger partial charge in [-0.2, -0.15) is 0 Å². The Morgan fingerprint density at radius 1 is 1.32 bits per heavy atom. The Kier molecular flexibility index (Phi) is 4.20. The molecule has 116 valence electrons. The van der Waals surface area contributed by atoms with E-state index in [1.807, 2.05) is 10.8 Å². The SMILES string of the molecule is CC(Cn1cnc(-c2cc(C(=O)O)ccn2)c1)N1CCCC1. The molecule has 1 saturated heterocycles. The van der Waals surface area contributed by atoms with Gasteiger partial charge in [-0.3, -0.25) is 9.88 Å². The van der Waals surface area contributed by atoms with Crippen molar-refractivity contribution in [2.24, 2.45) is 0 Å². The van der Waals surface area contributed by atoms with Crippen LogP contribution in [0.5, 0.6) is 0 Å². The summed E-state index contributed by atoms with van der Waals surface area (Å²) in [6.07, 6.45) is 7.79. The van der Waals surface area contributed by atoms with Crippen LogP contribution in [-0.4, -0.2) is 49.6 Å². The standard InChI is InChI=1S/C16H20N4O2/c1-12(20-6-2-3-7-20)9-19-10-15(18-11-19)14-8-13(16(21)22)4-5-17-14/h4-5,8,10-12H,2-3,6-7,9H2,1H3,(H,21,22). The quantitative estimate of drug-likeness (QED) is 0.916. The van der Waals surface area contributed by atoms with Crippen LogP contribution in [-0.2, 0) is 6.54 Å². The maximum atomic E-state index is 11.0. The maximum Gasteiger partial charge on any atom is 0.335 e. The highest BCUT2D eigenvalue weighted by Gasteiger charge is 2.18. The number of aromatic nitrogens is 3. The van der Waals surface area contributed by atoms with Crippen LogP contribution in [0.15, 0.2) is 30.9 Å². The Morgan fingerprint density at radius 2 is 2.09 bits per heavy atom. The van der Waals surface area contributed by atoms with Crippen LogP contribution in [0.2, 0.25) is 0 Å². The lowest BCUT2D eigenvalue weighted by atomic mass is 10.2. The number of pyridine rings is 1. The lowest BCUT2D eigenvalue weighted by Gasteiger charge is -2.23. The van der Waals surface area contributed by atoms with Gasteiger partial charge in [0.05, 0.1) is 17.6 Å². The molecule has 1 atom stereocenters. The van der Waals surface area contributed by atoms with E-state index in [9.17, 15) is 4.79 Å². The van der Waals surface area contributed by atoms with Crippen LogP contribution >= 0.6 is 0 Å². The summed E-state index contributed by atoms with van der Waals surface area (Å²) in [5.74, 6) is -0.953. The number of carbonyl (C=O) groups is 1. The molecule has 22 heavy (non-hydrogen) atoms. The molecule has 0 saturated carbocycles. The molecule has 0 aliphatic carbocycles. The smallest absolute Gasteiger partial charge is 0.335 e. The van der Waals surface area contributed by atoms with Crippen LogP contribution < -0.4 is 0 Å². The third-order valence-corrected chi connectivity index (χ3v) is 4.14. The fraction of sp³-hybridized carbons (Fsp3) is 0.438. The molecular formula is C16H20N4O2. The van der Waals surface area contributed by atoms with Gasteiger partial charge in [0.15, 0.2) is 0 Å². The van der Waals surface area contributed by atoms with E-state index in [0.29, 0.717) is 17.4 Å². The highest BCUT2D eigenvalue weighted by atomic mass is 16.4. The summed E-state index contributed by atoms with van der Waals surface area (Å²) in [4.78, 5) is 22.1. The lowest BCUT2D eigenvalue weighted by molar-refractivity contribution is 0.0697. The summed E-state index contributed by atoms with van der Waals surface area (Å²) in [7, 11) is 0. The Bertz CT molecular complexity index is 662. The van der Waals surface area contributed by atoms with Crippen molar-refractivity contribution in [2.75, 3.05) is 13.1 Å². The number of aromatic carboxylic acids is 1. The van der Waals surface area contributed by atoms with Gasteiger partial charge < -0.3 is 9.67 Å². The molecule has 0 spiro atoms. The first-order chi connectivity index (χ1) is 10.6. The minimum absolute atomic E-state index is 0.227. The molecule has 3 rings (SSSR count). The van der Waals surface area contributed by atoms with Crippen LogP contribution in [0, 0.1) is 0 Å². The number of nitrogens with zero attached hydrogens (tertiary/aromatic N) is 4. The number of hydrogen-bond acceptors (Lipinski definition) is 4. The molecule has 1 unspecified atom stereocenters. The summed E-state index contributed by atoms with van der Waals surface area (Å²) < 4.78 is 2.05. The second kappa shape index (κ2) is 6.27. The zero-order chi connectivity index (χ0) is 15.5. The van der Waals surface area contributed by atoms with E-state index in [1.165, 1.54) is 38.2 Å². The first kappa shape index (κ1) is 14.7. The summed E-state index contributed by atoms with van der Waals surface area (Å²) in [5.41, 5.74) is 1.52. The van der Waals surface area contributed by atoms with Gasteiger partial charge in [-0.05, 0) is 45.0 Å². The monoisotopic (exact) mass is 300 g/mol. The number of carboxylic acid groups (broad SMARTS) is 1. The van der Waals surface area contributed by atoms with Gasteiger partial charge in [0, 0.05) is 25.0 Å². The molecule has 2 aromatic rings. The average Bonchev–Trinajstić information content (AvgIpc) is 3.19. The van der Waals surface area contributed by atoms with Gasteiger partial charge in [0.1, 0.15) is 5.69 Å². The number of imidazole rings is 1. The number of likely N-dealkylation sites (tertiary alicyclic amines) is 1. The molecule has 1 aliphatic heterocycles. The predicted molar refractivity (Wildman–Crippen MR) is 82.7 cm³/mol. The molecule has 0 bridgehead atoms. The van der Waals surface area contributed by atoms with Crippen LogP contribution in [0.1, 0.15) is 30.1 Å². The van der Waals surface area contributed by atoms with E-state index in [1.54, 1.807) is 12.4 Å². The minimum Gasteiger partial charge on any atom is -0.478 e. The van der Waals surface area contributed by atoms with E-state index >= 15 is 0 Å². The molecule has 0 radical (unpaired) electrons. The van der Waals surface area contributed by atoms with Gasteiger partial charge in [0.2, 0.25) is 0 Å². The van der Waals surface area contributed by atoms with Crippen molar-refractivity contribution in [3.63, 3.8) is 0 Å². The number of hydrogen-bond donors (Lipinski definition) is 1. The Morgan fingerprint density at radius 3 is 2.82 bits per heavy atom. The maximum absolute atomic E-state index is 11.0. The van der Waals surface area contributed by atoms with Crippen LogP contribution in [0.3, 0.4) is 0 Å². The third-order valence-electron chi connectivity index (χ3n) is 4.14. The van der Waals surface area contributed by atoms with Gasteiger partial charge >= 0.3 is 5.97 Å². The molecule has 0 aromatic carbocycles. The summed E-state index contributed by atoms with van der Waals surface area (Å²) in [6.45, 7) is 5.45. The minimum atomic E-state index is -0.953. The highest BCUT2D eigenvalue weighted by molar-refractivity contribution is 5.88.